The van der Waals surface area contributed by atoms with Gasteiger partial charge in [-0.05, 0) is 53.7 Å². The molecule has 6 heteroatoms. The maximum absolute atomic E-state index is 9.80. The van der Waals surface area contributed by atoms with Gasteiger partial charge in [0.05, 0.1) is 0 Å². The van der Waals surface area contributed by atoms with Crippen molar-refractivity contribution >= 4 is 5.69 Å². The number of nitrogens with zero attached hydrogens (tertiary/aromatic N) is 5. The van der Waals surface area contributed by atoms with Gasteiger partial charge in [-0.3, -0.25) is 0 Å². The van der Waals surface area contributed by atoms with Crippen molar-refractivity contribution in [3.8, 4) is 5.75 Å². The summed E-state index contributed by atoms with van der Waals surface area (Å²) >= 11 is 0. The number of phenolic OH excluding ortho intramolecular Hbond substituents is 1. The number of piperidine rings is 1. The van der Waals surface area contributed by atoms with Gasteiger partial charge in [0.25, 0.3) is 0 Å². The SMILES string of the molecule is CC1CCN(c2cccc(O)c2)C(CCCn2cnnn2)C1C. The van der Waals surface area contributed by atoms with Crippen molar-refractivity contribution in [2.75, 3.05) is 11.4 Å². The number of phenols is 1. The fourth-order valence-electron chi connectivity index (χ4n) is 3.59. The maximum Gasteiger partial charge on any atom is 0.138 e. The number of hydrogen-bond acceptors (Lipinski definition) is 5. The number of aromatic nitrogens is 4. The first-order valence-corrected chi connectivity index (χ1v) is 8.41. The van der Waals surface area contributed by atoms with Crippen LogP contribution in [0, 0.1) is 11.8 Å². The minimum atomic E-state index is 0.334. The molecule has 1 saturated heterocycles. The largest absolute Gasteiger partial charge is 0.508 e. The molecule has 0 bridgehead atoms. The van der Waals surface area contributed by atoms with E-state index in [4.69, 9.17) is 0 Å². The fourth-order valence-corrected chi connectivity index (χ4v) is 3.59. The Bertz CT molecular complexity index is 615. The number of aryl methyl sites for hydroxylation is 1. The van der Waals surface area contributed by atoms with Crippen molar-refractivity contribution in [3.05, 3.63) is 30.6 Å². The summed E-state index contributed by atoms with van der Waals surface area (Å²) in [7, 11) is 0. The monoisotopic (exact) mass is 315 g/mol. The Morgan fingerprint density at radius 1 is 1.30 bits per heavy atom. The molecule has 3 rings (SSSR count). The number of anilines is 1. The lowest BCUT2D eigenvalue weighted by Gasteiger charge is -2.45. The van der Waals surface area contributed by atoms with Crippen LogP contribution in [0.3, 0.4) is 0 Å². The molecule has 0 aliphatic carbocycles. The summed E-state index contributed by atoms with van der Waals surface area (Å²) < 4.78 is 1.79. The molecular weight excluding hydrogens is 290 g/mol. The molecule has 0 radical (unpaired) electrons. The van der Waals surface area contributed by atoms with Gasteiger partial charge in [0.1, 0.15) is 12.1 Å². The topological polar surface area (TPSA) is 67.1 Å². The summed E-state index contributed by atoms with van der Waals surface area (Å²) in [4.78, 5) is 2.46. The molecular formula is C17H25N5O. The Morgan fingerprint density at radius 2 is 2.17 bits per heavy atom. The zero-order valence-electron chi connectivity index (χ0n) is 13.8. The van der Waals surface area contributed by atoms with Crippen molar-refractivity contribution < 1.29 is 5.11 Å². The second-order valence-electron chi connectivity index (χ2n) is 6.62. The normalized spacial score (nSPS) is 24.8. The Morgan fingerprint density at radius 3 is 2.91 bits per heavy atom. The molecule has 0 amide bonds. The molecule has 6 nitrogen and oxygen atoms in total. The highest BCUT2D eigenvalue weighted by Crippen LogP contribution is 2.35. The lowest BCUT2D eigenvalue weighted by molar-refractivity contribution is 0.239. The zero-order valence-corrected chi connectivity index (χ0v) is 13.8. The smallest absolute Gasteiger partial charge is 0.138 e. The third kappa shape index (κ3) is 3.63. The first kappa shape index (κ1) is 15.8. The average Bonchev–Trinajstić information content (AvgIpc) is 3.05. The van der Waals surface area contributed by atoms with Crippen LogP contribution in [0.1, 0.15) is 33.1 Å². The molecule has 23 heavy (non-hydrogen) atoms. The van der Waals surface area contributed by atoms with Crippen LogP contribution in [0.25, 0.3) is 0 Å². The first-order valence-electron chi connectivity index (χ1n) is 8.41. The van der Waals surface area contributed by atoms with Crippen molar-refractivity contribution in [2.45, 2.75) is 45.7 Å². The van der Waals surface area contributed by atoms with Gasteiger partial charge in [-0.1, -0.05) is 19.9 Å². The van der Waals surface area contributed by atoms with Crippen LogP contribution in [-0.2, 0) is 6.54 Å². The van der Waals surface area contributed by atoms with Crippen LogP contribution in [0.4, 0.5) is 5.69 Å². The Kier molecular flexibility index (Phi) is 4.79. The van der Waals surface area contributed by atoms with Gasteiger partial charge in [-0.15, -0.1) is 5.10 Å². The molecule has 124 valence electrons. The van der Waals surface area contributed by atoms with Crippen molar-refractivity contribution in [1.82, 2.24) is 20.2 Å². The van der Waals surface area contributed by atoms with E-state index in [0.29, 0.717) is 17.7 Å². The van der Waals surface area contributed by atoms with E-state index in [1.165, 1.54) is 6.42 Å². The summed E-state index contributed by atoms with van der Waals surface area (Å²) in [5.74, 6) is 1.68. The molecule has 0 saturated carbocycles. The molecule has 1 fully saturated rings. The summed E-state index contributed by atoms with van der Waals surface area (Å²) in [5.41, 5.74) is 1.12. The summed E-state index contributed by atoms with van der Waals surface area (Å²) in [6, 6.07) is 8.10. The van der Waals surface area contributed by atoms with E-state index in [-0.39, 0.29) is 0 Å². The van der Waals surface area contributed by atoms with E-state index >= 15 is 0 Å². The number of tetrazole rings is 1. The van der Waals surface area contributed by atoms with Crippen LogP contribution in [0.2, 0.25) is 0 Å². The Labute approximate surface area is 137 Å². The highest BCUT2D eigenvalue weighted by Gasteiger charge is 2.32. The van der Waals surface area contributed by atoms with Gasteiger partial charge in [0.2, 0.25) is 0 Å². The lowest BCUT2D eigenvalue weighted by Crippen LogP contribution is -2.47. The number of benzene rings is 1. The van der Waals surface area contributed by atoms with Crippen LogP contribution < -0.4 is 4.90 Å². The predicted molar refractivity (Wildman–Crippen MR) is 89.2 cm³/mol. The van der Waals surface area contributed by atoms with E-state index < -0.39 is 0 Å². The van der Waals surface area contributed by atoms with E-state index in [9.17, 15) is 5.11 Å². The third-order valence-electron chi connectivity index (χ3n) is 5.17. The minimum Gasteiger partial charge on any atom is -0.508 e. The predicted octanol–water partition coefficient (Wildman–Crippen LogP) is 2.71. The van der Waals surface area contributed by atoms with Gasteiger partial charge in [0, 0.05) is 30.9 Å². The van der Waals surface area contributed by atoms with Crippen molar-refractivity contribution in [3.63, 3.8) is 0 Å². The summed E-state index contributed by atoms with van der Waals surface area (Å²) in [5, 5.41) is 21.1. The second kappa shape index (κ2) is 6.98. The molecule has 3 atom stereocenters. The summed E-state index contributed by atoms with van der Waals surface area (Å²) in [6.45, 7) is 6.59. The lowest BCUT2D eigenvalue weighted by atomic mass is 9.80. The van der Waals surface area contributed by atoms with E-state index in [1.807, 2.05) is 12.1 Å². The molecule has 1 aromatic carbocycles. The van der Waals surface area contributed by atoms with Crippen molar-refractivity contribution in [2.24, 2.45) is 11.8 Å². The number of aromatic hydroxyl groups is 1. The van der Waals surface area contributed by atoms with Gasteiger partial charge < -0.3 is 10.0 Å². The molecule has 0 spiro atoms. The van der Waals surface area contributed by atoms with E-state index in [0.717, 1.165) is 37.5 Å². The van der Waals surface area contributed by atoms with Crippen LogP contribution in [0.15, 0.2) is 30.6 Å². The number of rotatable bonds is 5. The molecule has 3 unspecified atom stereocenters. The Hall–Kier alpha value is -2.11. The van der Waals surface area contributed by atoms with Gasteiger partial charge in [0.15, 0.2) is 0 Å². The van der Waals surface area contributed by atoms with Crippen LogP contribution >= 0.6 is 0 Å². The van der Waals surface area contributed by atoms with Crippen molar-refractivity contribution in [1.29, 1.82) is 0 Å². The molecule has 1 aliphatic heterocycles. The van der Waals surface area contributed by atoms with Crippen LogP contribution in [0.5, 0.6) is 5.75 Å². The highest BCUT2D eigenvalue weighted by atomic mass is 16.3. The van der Waals surface area contributed by atoms with E-state index in [2.05, 4.69) is 40.3 Å². The van der Waals surface area contributed by atoms with Gasteiger partial charge in [-0.2, -0.15) is 0 Å². The molecule has 1 aromatic heterocycles. The second-order valence-corrected chi connectivity index (χ2v) is 6.62. The average molecular weight is 315 g/mol. The highest BCUT2D eigenvalue weighted by molar-refractivity contribution is 5.51. The molecule has 1 aliphatic rings. The molecule has 2 aromatic rings. The number of hydrogen-bond donors (Lipinski definition) is 1. The van der Waals surface area contributed by atoms with Crippen LogP contribution in [-0.4, -0.2) is 37.9 Å². The van der Waals surface area contributed by atoms with Gasteiger partial charge >= 0.3 is 0 Å². The summed E-state index contributed by atoms with van der Waals surface area (Å²) in [6.07, 6.45) is 5.00. The minimum absolute atomic E-state index is 0.334. The maximum atomic E-state index is 9.80. The zero-order chi connectivity index (χ0) is 16.2. The molecule has 1 N–H and O–H groups in total. The first-order chi connectivity index (χ1) is 11.1. The van der Waals surface area contributed by atoms with Gasteiger partial charge in [-0.25, -0.2) is 4.68 Å². The third-order valence-corrected chi connectivity index (χ3v) is 5.17. The molecule has 2 heterocycles. The fraction of sp³-hybridized carbons (Fsp3) is 0.588. The standard InChI is InChI=1S/C17H25N5O/c1-13-8-10-22(15-5-3-6-16(23)11-15)17(14(13)2)7-4-9-21-12-18-19-20-21/h3,5-6,11-14,17,23H,4,7-10H2,1-2H3. The van der Waals surface area contributed by atoms with E-state index in [1.54, 1.807) is 17.1 Å². The Balaban J connectivity index is 1.71. The quantitative estimate of drug-likeness (QED) is 0.919.